The molecule has 1 aromatic carbocycles. The predicted molar refractivity (Wildman–Crippen MR) is 76.9 cm³/mol. The zero-order valence-electron chi connectivity index (χ0n) is 10.3. The third kappa shape index (κ3) is 3.69. The van der Waals surface area contributed by atoms with Crippen molar-refractivity contribution in [3.05, 3.63) is 58.6 Å². The fourth-order valence-corrected chi connectivity index (χ4v) is 2.55. The Balaban J connectivity index is 2.00. The summed E-state index contributed by atoms with van der Waals surface area (Å²) in [6.45, 7) is 0. The standard InChI is InChI=1S/C13H11ClFN3OS/c14-11-5-10(3-4-12(11)15)20-7-9-2-1-8(6-17-9)13(19)18-16/h1-6H,7,16H2,(H,18,19). The molecule has 1 amide bonds. The molecule has 20 heavy (non-hydrogen) atoms. The van der Waals surface area contributed by atoms with Crippen LogP contribution in [0.5, 0.6) is 0 Å². The van der Waals surface area contributed by atoms with Crippen LogP contribution in [0.25, 0.3) is 0 Å². The minimum atomic E-state index is -0.439. The van der Waals surface area contributed by atoms with Gasteiger partial charge in [0.05, 0.1) is 16.3 Å². The number of hydrogen-bond acceptors (Lipinski definition) is 4. The van der Waals surface area contributed by atoms with Crippen LogP contribution in [0.4, 0.5) is 4.39 Å². The Morgan fingerprint density at radius 3 is 2.80 bits per heavy atom. The second-order valence-electron chi connectivity index (χ2n) is 3.88. The molecule has 0 fully saturated rings. The number of benzene rings is 1. The minimum Gasteiger partial charge on any atom is -0.290 e. The predicted octanol–water partition coefficient (Wildman–Crippen LogP) is 2.77. The topological polar surface area (TPSA) is 68.0 Å². The van der Waals surface area contributed by atoms with Gasteiger partial charge in [-0.25, -0.2) is 10.2 Å². The molecule has 0 saturated heterocycles. The Bertz CT molecular complexity index is 622. The number of nitrogens with two attached hydrogens (primary N) is 1. The number of carbonyl (C=O) groups excluding carboxylic acids is 1. The van der Waals surface area contributed by atoms with Crippen molar-refractivity contribution in [3.8, 4) is 0 Å². The number of amides is 1. The molecule has 2 rings (SSSR count). The highest BCUT2D eigenvalue weighted by Crippen LogP contribution is 2.26. The van der Waals surface area contributed by atoms with Gasteiger partial charge in [0.1, 0.15) is 5.82 Å². The molecule has 3 N–H and O–H groups in total. The molecule has 1 heterocycles. The average molecular weight is 312 g/mol. The van der Waals surface area contributed by atoms with Crippen molar-refractivity contribution < 1.29 is 9.18 Å². The smallest absolute Gasteiger partial charge is 0.266 e. The fraction of sp³-hybridized carbons (Fsp3) is 0.0769. The molecular weight excluding hydrogens is 301 g/mol. The summed E-state index contributed by atoms with van der Waals surface area (Å²) in [6, 6.07) is 7.93. The maximum atomic E-state index is 13.0. The van der Waals surface area contributed by atoms with Crippen LogP contribution >= 0.6 is 23.4 Å². The van der Waals surface area contributed by atoms with Gasteiger partial charge in [0.15, 0.2) is 0 Å². The average Bonchev–Trinajstić information content (AvgIpc) is 2.48. The van der Waals surface area contributed by atoms with Crippen LogP contribution in [0.1, 0.15) is 16.1 Å². The van der Waals surface area contributed by atoms with Crippen LogP contribution in [0, 0.1) is 5.82 Å². The molecular formula is C13H11ClFN3OS. The first-order chi connectivity index (χ1) is 9.60. The maximum absolute atomic E-state index is 13.0. The highest BCUT2D eigenvalue weighted by Gasteiger charge is 2.05. The first kappa shape index (κ1) is 14.8. The fourth-order valence-electron chi connectivity index (χ4n) is 1.45. The number of thioether (sulfide) groups is 1. The lowest BCUT2D eigenvalue weighted by Crippen LogP contribution is -2.30. The lowest BCUT2D eigenvalue weighted by atomic mass is 10.2. The number of nitrogens with zero attached hydrogens (tertiary/aromatic N) is 1. The van der Waals surface area contributed by atoms with Gasteiger partial charge >= 0.3 is 0 Å². The number of hydrogen-bond donors (Lipinski definition) is 2. The van der Waals surface area contributed by atoms with Gasteiger partial charge < -0.3 is 0 Å². The molecule has 0 atom stereocenters. The van der Waals surface area contributed by atoms with E-state index in [-0.39, 0.29) is 10.9 Å². The Kier molecular flexibility index (Phi) is 4.94. The first-order valence-electron chi connectivity index (χ1n) is 5.64. The quantitative estimate of drug-likeness (QED) is 0.394. The highest BCUT2D eigenvalue weighted by atomic mass is 35.5. The summed E-state index contributed by atoms with van der Waals surface area (Å²) in [5.74, 6) is 4.79. The van der Waals surface area contributed by atoms with Gasteiger partial charge in [-0.05, 0) is 30.3 Å². The van der Waals surface area contributed by atoms with E-state index < -0.39 is 5.82 Å². The second-order valence-corrected chi connectivity index (χ2v) is 5.33. The normalized spacial score (nSPS) is 10.3. The van der Waals surface area contributed by atoms with Crippen LogP contribution in [0.3, 0.4) is 0 Å². The largest absolute Gasteiger partial charge is 0.290 e. The van der Waals surface area contributed by atoms with E-state index in [2.05, 4.69) is 4.98 Å². The van der Waals surface area contributed by atoms with E-state index in [1.807, 2.05) is 5.43 Å². The van der Waals surface area contributed by atoms with Crippen molar-refractivity contribution in [3.63, 3.8) is 0 Å². The summed E-state index contributed by atoms with van der Waals surface area (Å²) in [7, 11) is 0. The number of carbonyl (C=O) groups is 1. The van der Waals surface area contributed by atoms with Crippen LogP contribution in [-0.2, 0) is 5.75 Å². The Morgan fingerprint density at radius 1 is 1.40 bits per heavy atom. The molecule has 0 bridgehead atoms. The first-order valence-corrected chi connectivity index (χ1v) is 7.00. The molecule has 7 heteroatoms. The number of pyridine rings is 1. The highest BCUT2D eigenvalue weighted by molar-refractivity contribution is 7.98. The molecule has 0 radical (unpaired) electrons. The number of rotatable bonds is 4. The number of aromatic nitrogens is 1. The number of nitrogen functional groups attached to an aromatic ring is 1. The van der Waals surface area contributed by atoms with Gasteiger partial charge in [0.25, 0.3) is 5.91 Å². The van der Waals surface area contributed by atoms with Crippen molar-refractivity contribution in [2.45, 2.75) is 10.6 Å². The molecule has 0 saturated carbocycles. The van der Waals surface area contributed by atoms with Gasteiger partial charge in [-0.2, -0.15) is 0 Å². The molecule has 1 aromatic heterocycles. The molecule has 104 valence electrons. The van der Waals surface area contributed by atoms with Crippen molar-refractivity contribution in [1.82, 2.24) is 10.4 Å². The summed E-state index contributed by atoms with van der Waals surface area (Å²) in [5.41, 5.74) is 3.23. The zero-order valence-corrected chi connectivity index (χ0v) is 11.8. The van der Waals surface area contributed by atoms with Gasteiger partial charge in [0, 0.05) is 16.8 Å². The van der Waals surface area contributed by atoms with Gasteiger partial charge in [-0.3, -0.25) is 15.2 Å². The summed E-state index contributed by atoms with van der Waals surface area (Å²) in [4.78, 5) is 16.2. The molecule has 0 spiro atoms. The van der Waals surface area contributed by atoms with E-state index >= 15 is 0 Å². The summed E-state index contributed by atoms with van der Waals surface area (Å²) >= 11 is 7.18. The van der Waals surface area contributed by atoms with E-state index in [1.165, 1.54) is 24.0 Å². The van der Waals surface area contributed by atoms with Crippen molar-refractivity contribution in [2.24, 2.45) is 5.84 Å². The number of hydrazine groups is 1. The lowest BCUT2D eigenvalue weighted by Gasteiger charge is -2.04. The van der Waals surface area contributed by atoms with Crippen molar-refractivity contribution in [1.29, 1.82) is 0 Å². The van der Waals surface area contributed by atoms with Gasteiger partial charge in [-0.15, -0.1) is 11.8 Å². The molecule has 0 aliphatic carbocycles. The second kappa shape index (κ2) is 6.69. The van der Waals surface area contributed by atoms with E-state index in [9.17, 15) is 9.18 Å². The van der Waals surface area contributed by atoms with Crippen LogP contribution in [0.2, 0.25) is 5.02 Å². The Hall–Kier alpha value is -1.63. The molecule has 0 aliphatic heterocycles. The van der Waals surface area contributed by atoms with Crippen molar-refractivity contribution in [2.75, 3.05) is 0 Å². The number of nitrogens with one attached hydrogen (secondary N) is 1. The summed E-state index contributed by atoms with van der Waals surface area (Å²) in [6.07, 6.45) is 1.45. The van der Waals surface area contributed by atoms with Crippen LogP contribution in [0.15, 0.2) is 41.4 Å². The Labute approximate surface area is 124 Å². The molecule has 4 nitrogen and oxygen atoms in total. The summed E-state index contributed by atoms with van der Waals surface area (Å²) < 4.78 is 13.0. The minimum absolute atomic E-state index is 0.0953. The van der Waals surface area contributed by atoms with Crippen LogP contribution in [-0.4, -0.2) is 10.9 Å². The molecule has 0 aliphatic rings. The SMILES string of the molecule is NNC(=O)c1ccc(CSc2ccc(F)c(Cl)c2)nc1. The maximum Gasteiger partial charge on any atom is 0.266 e. The third-order valence-electron chi connectivity index (χ3n) is 2.50. The monoisotopic (exact) mass is 311 g/mol. The Morgan fingerprint density at radius 2 is 2.20 bits per heavy atom. The summed E-state index contributed by atoms with van der Waals surface area (Å²) in [5, 5.41) is 0.0953. The lowest BCUT2D eigenvalue weighted by molar-refractivity contribution is 0.0953. The van der Waals surface area contributed by atoms with Gasteiger partial charge in [0.2, 0.25) is 0 Å². The van der Waals surface area contributed by atoms with E-state index in [0.29, 0.717) is 11.3 Å². The van der Waals surface area contributed by atoms with Crippen molar-refractivity contribution >= 4 is 29.3 Å². The van der Waals surface area contributed by atoms with Crippen LogP contribution < -0.4 is 11.3 Å². The number of halogens is 2. The molecule has 2 aromatic rings. The zero-order chi connectivity index (χ0) is 14.5. The van der Waals surface area contributed by atoms with Gasteiger partial charge in [-0.1, -0.05) is 11.6 Å². The van der Waals surface area contributed by atoms with E-state index in [4.69, 9.17) is 17.4 Å². The third-order valence-corrected chi connectivity index (χ3v) is 3.81. The van der Waals surface area contributed by atoms with E-state index in [1.54, 1.807) is 24.3 Å². The molecule has 0 unspecified atom stereocenters. The van der Waals surface area contributed by atoms with E-state index in [0.717, 1.165) is 10.6 Å².